The van der Waals surface area contributed by atoms with E-state index in [1.54, 1.807) is 6.20 Å². The van der Waals surface area contributed by atoms with E-state index in [1.807, 2.05) is 12.1 Å². The molecule has 0 atom stereocenters. The number of anilines is 1. The summed E-state index contributed by atoms with van der Waals surface area (Å²) >= 11 is 1.42. The number of nitrogens with one attached hydrogen (secondary N) is 1. The summed E-state index contributed by atoms with van der Waals surface area (Å²) in [6.07, 6.45) is -0.165. The number of fused-ring (bicyclic) bond motifs is 1. The number of carboxylic acids is 1. The van der Waals surface area contributed by atoms with E-state index in [9.17, 15) is 18.0 Å². The third-order valence-corrected chi connectivity index (χ3v) is 4.01. The highest BCUT2D eigenvalue weighted by atomic mass is 32.1. The minimum Gasteiger partial charge on any atom is -0.475 e. The van der Waals surface area contributed by atoms with E-state index in [4.69, 9.17) is 9.90 Å². The monoisotopic (exact) mass is 347 g/mol. The van der Waals surface area contributed by atoms with Crippen LogP contribution in [0.15, 0.2) is 18.3 Å². The van der Waals surface area contributed by atoms with Gasteiger partial charge in [0.2, 0.25) is 5.91 Å². The summed E-state index contributed by atoms with van der Waals surface area (Å²) in [7, 11) is 0. The molecule has 2 heterocycles. The molecule has 0 spiro atoms. The van der Waals surface area contributed by atoms with Crippen LogP contribution in [0.4, 0.5) is 18.3 Å². The van der Waals surface area contributed by atoms with Gasteiger partial charge < -0.3 is 10.4 Å². The van der Waals surface area contributed by atoms with Gasteiger partial charge in [-0.1, -0.05) is 17.8 Å². The highest BCUT2D eigenvalue weighted by molar-refractivity contribution is 7.21. The van der Waals surface area contributed by atoms with E-state index >= 15 is 0 Å². The second kappa shape index (κ2) is 6.90. The number of aliphatic carboxylic acids is 1. The van der Waals surface area contributed by atoms with Crippen LogP contribution in [0.1, 0.15) is 19.3 Å². The van der Waals surface area contributed by atoms with Gasteiger partial charge in [0, 0.05) is 12.1 Å². The molecule has 23 heavy (non-hydrogen) atoms. The molecule has 1 aliphatic carbocycles. The Bertz CT molecular complexity index is 680. The van der Waals surface area contributed by atoms with Gasteiger partial charge in [0.05, 0.1) is 0 Å². The zero-order chi connectivity index (χ0) is 17.0. The Morgan fingerprint density at radius 1 is 1.35 bits per heavy atom. The number of thiazole rings is 1. The number of carboxylic acid groups (broad SMARTS) is 1. The normalized spacial score (nSPS) is 14.6. The Morgan fingerprint density at radius 3 is 2.48 bits per heavy atom. The molecule has 2 aromatic heterocycles. The number of hydrogen-bond acceptors (Lipinski definition) is 5. The highest BCUT2D eigenvalue weighted by Crippen LogP contribution is 2.29. The van der Waals surface area contributed by atoms with Gasteiger partial charge in [-0.2, -0.15) is 13.2 Å². The summed E-state index contributed by atoms with van der Waals surface area (Å²) < 4.78 is 31.7. The van der Waals surface area contributed by atoms with Crippen molar-refractivity contribution in [1.29, 1.82) is 0 Å². The fraction of sp³-hybridized carbons (Fsp3) is 0.385. The van der Waals surface area contributed by atoms with Crippen molar-refractivity contribution in [1.82, 2.24) is 9.97 Å². The molecule has 0 unspecified atom stereocenters. The Kier molecular flexibility index (Phi) is 5.14. The molecule has 2 N–H and O–H groups in total. The highest BCUT2D eigenvalue weighted by Gasteiger charge is 2.38. The van der Waals surface area contributed by atoms with E-state index in [-0.39, 0.29) is 11.8 Å². The summed E-state index contributed by atoms with van der Waals surface area (Å²) in [4.78, 5) is 30.0. The Labute approximate surface area is 132 Å². The Morgan fingerprint density at radius 2 is 2.00 bits per heavy atom. The maximum Gasteiger partial charge on any atom is 0.490 e. The molecule has 10 heteroatoms. The number of rotatable bonds is 2. The third kappa shape index (κ3) is 4.62. The predicted octanol–water partition coefficient (Wildman–Crippen LogP) is 3.06. The van der Waals surface area contributed by atoms with Crippen molar-refractivity contribution < 1.29 is 27.9 Å². The largest absolute Gasteiger partial charge is 0.490 e. The molecule has 6 nitrogen and oxygen atoms in total. The number of alkyl halides is 3. The minimum absolute atomic E-state index is 0.102. The fourth-order valence-corrected chi connectivity index (χ4v) is 2.51. The summed E-state index contributed by atoms with van der Waals surface area (Å²) in [5.74, 6) is -2.46. The number of pyridine rings is 1. The van der Waals surface area contributed by atoms with Crippen molar-refractivity contribution in [2.75, 3.05) is 5.32 Å². The number of halogens is 3. The number of carbonyl (C=O) groups is 2. The van der Waals surface area contributed by atoms with Gasteiger partial charge in [0.15, 0.2) is 5.13 Å². The van der Waals surface area contributed by atoms with Crippen molar-refractivity contribution in [2.45, 2.75) is 25.4 Å². The van der Waals surface area contributed by atoms with E-state index in [0.717, 1.165) is 23.2 Å². The van der Waals surface area contributed by atoms with Crippen LogP contribution < -0.4 is 5.32 Å². The van der Waals surface area contributed by atoms with Gasteiger partial charge in [-0.25, -0.2) is 14.8 Å². The van der Waals surface area contributed by atoms with Gasteiger partial charge >= 0.3 is 12.1 Å². The van der Waals surface area contributed by atoms with Crippen LogP contribution in [-0.2, 0) is 9.59 Å². The molecule has 0 saturated heterocycles. The first-order chi connectivity index (χ1) is 10.8. The van der Waals surface area contributed by atoms with Crippen molar-refractivity contribution in [3.8, 4) is 0 Å². The lowest BCUT2D eigenvalue weighted by Crippen LogP contribution is -2.27. The average Bonchev–Trinajstić information content (AvgIpc) is 2.77. The molecule has 1 amide bonds. The number of carbonyl (C=O) groups excluding carboxylic acids is 1. The molecule has 0 bridgehead atoms. The summed E-state index contributed by atoms with van der Waals surface area (Å²) in [6, 6.07) is 3.75. The molecule has 1 fully saturated rings. The van der Waals surface area contributed by atoms with Crippen molar-refractivity contribution in [3.63, 3.8) is 0 Å². The topological polar surface area (TPSA) is 92.2 Å². The van der Waals surface area contributed by atoms with Crippen LogP contribution in [0.2, 0.25) is 0 Å². The molecule has 0 aromatic carbocycles. The van der Waals surface area contributed by atoms with Crippen molar-refractivity contribution in [2.24, 2.45) is 5.92 Å². The van der Waals surface area contributed by atoms with E-state index in [2.05, 4.69) is 15.3 Å². The molecular formula is C13H12F3N3O3S. The van der Waals surface area contributed by atoms with Gasteiger partial charge in [0.1, 0.15) is 10.3 Å². The van der Waals surface area contributed by atoms with Crippen LogP contribution in [0.3, 0.4) is 0 Å². The zero-order valence-electron chi connectivity index (χ0n) is 11.6. The number of aromatic nitrogens is 2. The van der Waals surface area contributed by atoms with Gasteiger partial charge in [-0.3, -0.25) is 4.79 Å². The van der Waals surface area contributed by atoms with Crippen LogP contribution >= 0.6 is 11.3 Å². The van der Waals surface area contributed by atoms with Crippen LogP contribution in [-0.4, -0.2) is 33.1 Å². The second-order valence-electron chi connectivity index (χ2n) is 4.77. The van der Waals surface area contributed by atoms with Crippen LogP contribution in [0, 0.1) is 5.92 Å². The lowest BCUT2D eigenvalue weighted by Gasteiger charge is -2.23. The maximum atomic E-state index is 11.7. The summed E-state index contributed by atoms with van der Waals surface area (Å²) in [6.45, 7) is 0. The quantitative estimate of drug-likeness (QED) is 0.871. The SMILES string of the molecule is O=C(Nc1nc2cccnc2s1)C1CCC1.O=C(O)C(F)(F)F. The molecule has 124 valence electrons. The van der Waals surface area contributed by atoms with Crippen molar-refractivity contribution >= 4 is 38.7 Å². The number of nitrogens with zero attached hydrogens (tertiary/aromatic N) is 2. The maximum absolute atomic E-state index is 11.7. The molecule has 1 aliphatic rings. The van der Waals surface area contributed by atoms with E-state index in [0.29, 0.717) is 5.13 Å². The predicted molar refractivity (Wildman–Crippen MR) is 77.1 cm³/mol. The molecule has 0 radical (unpaired) electrons. The van der Waals surface area contributed by atoms with Crippen LogP contribution in [0.25, 0.3) is 10.3 Å². The fourth-order valence-electron chi connectivity index (χ4n) is 1.70. The number of hydrogen-bond donors (Lipinski definition) is 2. The van der Waals surface area contributed by atoms with Crippen molar-refractivity contribution in [3.05, 3.63) is 18.3 Å². The molecule has 0 aliphatic heterocycles. The lowest BCUT2D eigenvalue weighted by molar-refractivity contribution is -0.192. The van der Waals surface area contributed by atoms with E-state index < -0.39 is 12.1 Å². The first-order valence-electron chi connectivity index (χ1n) is 6.60. The molecular weight excluding hydrogens is 335 g/mol. The summed E-state index contributed by atoms with van der Waals surface area (Å²) in [5.41, 5.74) is 0.844. The first kappa shape index (κ1) is 17.1. The standard InChI is InChI=1S/C11H11N3OS.C2HF3O2/c15-9(7-3-1-4-7)14-11-13-8-5-2-6-12-10(8)16-11;3-2(4,5)1(6)7/h2,5-7H,1,3-4H2,(H,13,14,15);(H,6,7). The second-order valence-corrected chi connectivity index (χ2v) is 5.74. The average molecular weight is 347 g/mol. The molecule has 3 rings (SSSR count). The van der Waals surface area contributed by atoms with Gasteiger partial charge in [0.25, 0.3) is 0 Å². The minimum atomic E-state index is -5.08. The summed E-state index contributed by atoms with van der Waals surface area (Å²) in [5, 5.41) is 10.6. The third-order valence-electron chi connectivity index (χ3n) is 3.12. The smallest absolute Gasteiger partial charge is 0.475 e. The molecule has 2 aromatic rings. The van der Waals surface area contributed by atoms with E-state index in [1.165, 1.54) is 17.8 Å². The Balaban J connectivity index is 0.000000236. The van der Waals surface area contributed by atoms with Gasteiger partial charge in [-0.05, 0) is 25.0 Å². The van der Waals surface area contributed by atoms with Crippen LogP contribution in [0.5, 0.6) is 0 Å². The first-order valence-corrected chi connectivity index (χ1v) is 7.41. The molecule has 1 saturated carbocycles. The number of amides is 1. The van der Waals surface area contributed by atoms with Gasteiger partial charge in [-0.15, -0.1) is 0 Å². The Hall–Kier alpha value is -2.23. The lowest BCUT2D eigenvalue weighted by atomic mass is 9.85. The zero-order valence-corrected chi connectivity index (χ0v) is 12.4.